The normalized spacial score (nSPS) is 11.3. The molecule has 1 aromatic rings. The van der Waals surface area contributed by atoms with Gasteiger partial charge in [-0.25, -0.2) is 0 Å². The molecule has 114 valence electrons. The smallest absolute Gasteiger partial charge is 0.123 e. The molecule has 0 aromatic heterocycles. The van der Waals surface area contributed by atoms with Crippen molar-refractivity contribution in [3.8, 4) is 5.75 Å². The van der Waals surface area contributed by atoms with Crippen molar-refractivity contribution in [2.45, 2.75) is 54.0 Å². The van der Waals surface area contributed by atoms with E-state index in [2.05, 4.69) is 58.1 Å². The maximum absolute atomic E-state index is 6.05. The largest absolute Gasteiger partial charge is 0.493 e. The van der Waals surface area contributed by atoms with Crippen LogP contribution in [0.1, 0.15) is 51.7 Å². The first-order valence-electron chi connectivity index (χ1n) is 7.99. The van der Waals surface area contributed by atoms with Crippen molar-refractivity contribution in [3.63, 3.8) is 0 Å². The van der Waals surface area contributed by atoms with Crippen LogP contribution >= 0.6 is 0 Å². The van der Waals surface area contributed by atoms with Gasteiger partial charge in [0.25, 0.3) is 0 Å². The van der Waals surface area contributed by atoms with Crippen LogP contribution in [0.5, 0.6) is 5.75 Å². The molecule has 0 aliphatic carbocycles. The Balaban J connectivity index is 2.64. The minimum absolute atomic E-state index is 0.660. The van der Waals surface area contributed by atoms with Crippen molar-refractivity contribution in [2.24, 2.45) is 11.8 Å². The summed E-state index contributed by atoms with van der Waals surface area (Å²) in [7, 11) is 0. The van der Waals surface area contributed by atoms with Gasteiger partial charge in [0.1, 0.15) is 5.75 Å². The lowest BCUT2D eigenvalue weighted by molar-refractivity contribution is 0.238. The van der Waals surface area contributed by atoms with Gasteiger partial charge >= 0.3 is 0 Å². The predicted molar refractivity (Wildman–Crippen MR) is 87.3 cm³/mol. The second kappa shape index (κ2) is 9.02. The Labute approximate surface area is 124 Å². The zero-order valence-corrected chi connectivity index (χ0v) is 13.8. The van der Waals surface area contributed by atoms with E-state index in [4.69, 9.17) is 4.74 Å². The Morgan fingerprint density at radius 3 is 2.45 bits per heavy atom. The van der Waals surface area contributed by atoms with Crippen LogP contribution in [0.2, 0.25) is 0 Å². The molecule has 2 nitrogen and oxygen atoms in total. The zero-order valence-electron chi connectivity index (χ0n) is 13.8. The number of nitrogens with one attached hydrogen (secondary N) is 1. The van der Waals surface area contributed by atoms with Crippen molar-refractivity contribution >= 4 is 0 Å². The molecule has 20 heavy (non-hydrogen) atoms. The third-order valence-electron chi connectivity index (χ3n) is 3.71. The van der Waals surface area contributed by atoms with E-state index in [9.17, 15) is 0 Å². The van der Waals surface area contributed by atoms with Crippen molar-refractivity contribution < 1.29 is 4.74 Å². The lowest BCUT2D eigenvalue weighted by Gasteiger charge is -2.17. The second-order valence-electron chi connectivity index (χ2n) is 6.13. The van der Waals surface area contributed by atoms with E-state index in [1.54, 1.807) is 0 Å². The molecule has 0 aliphatic heterocycles. The molecule has 0 fully saturated rings. The van der Waals surface area contributed by atoms with E-state index < -0.39 is 0 Å². The van der Waals surface area contributed by atoms with Gasteiger partial charge in [0, 0.05) is 12.1 Å². The van der Waals surface area contributed by atoms with Crippen molar-refractivity contribution in [1.29, 1.82) is 0 Å². The first-order valence-corrected chi connectivity index (χ1v) is 7.99. The molecule has 2 heteroatoms. The molecule has 1 rings (SSSR count). The summed E-state index contributed by atoms with van der Waals surface area (Å²) >= 11 is 0. The summed E-state index contributed by atoms with van der Waals surface area (Å²) in [5.41, 5.74) is 2.57. The number of hydrogen-bond donors (Lipinski definition) is 1. The Bertz CT molecular complexity index is 383. The molecule has 0 saturated heterocycles. The first-order chi connectivity index (χ1) is 9.56. The minimum Gasteiger partial charge on any atom is -0.493 e. The Kier molecular flexibility index (Phi) is 7.68. The van der Waals surface area contributed by atoms with E-state index >= 15 is 0 Å². The molecule has 0 radical (unpaired) electrons. The molecular weight excluding hydrogens is 246 g/mol. The highest BCUT2D eigenvalue weighted by Crippen LogP contribution is 2.21. The SMILES string of the molecule is CCC(CC)COc1ccc(C)cc1CNCC(C)C. The fourth-order valence-corrected chi connectivity index (χ4v) is 2.21. The van der Waals surface area contributed by atoms with E-state index in [-0.39, 0.29) is 0 Å². The Morgan fingerprint density at radius 1 is 1.15 bits per heavy atom. The third-order valence-corrected chi connectivity index (χ3v) is 3.71. The van der Waals surface area contributed by atoms with E-state index in [0.717, 1.165) is 25.4 Å². The highest BCUT2D eigenvalue weighted by Gasteiger charge is 2.08. The highest BCUT2D eigenvalue weighted by atomic mass is 16.5. The van der Waals surface area contributed by atoms with Gasteiger partial charge in [-0.15, -0.1) is 0 Å². The van der Waals surface area contributed by atoms with Crippen LogP contribution in [-0.4, -0.2) is 13.2 Å². The van der Waals surface area contributed by atoms with Gasteiger partial charge in [-0.05, 0) is 31.4 Å². The van der Waals surface area contributed by atoms with Gasteiger partial charge < -0.3 is 10.1 Å². The van der Waals surface area contributed by atoms with E-state index in [1.807, 2.05) is 0 Å². The standard InChI is InChI=1S/C18H31NO/c1-6-16(7-2)13-20-18-9-8-15(5)10-17(18)12-19-11-14(3)4/h8-10,14,16,19H,6-7,11-13H2,1-5H3. The summed E-state index contributed by atoms with van der Waals surface area (Å²) < 4.78 is 6.05. The van der Waals surface area contributed by atoms with Gasteiger partial charge in [-0.1, -0.05) is 58.2 Å². The summed E-state index contributed by atoms with van der Waals surface area (Å²) in [5, 5.41) is 3.50. The number of hydrogen-bond acceptors (Lipinski definition) is 2. The number of aryl methyl sites for hydroxylation is 1. The quantitative estimate of drug-likeness (QED) is 0.714. The zero-order chi connectivity index (χ0) is 15.0. The fraction of sp³-hybridized carbons (Fsp3) is 0.667. The molecule has 0 heterocycles. The average Bonchev–Trinajstić information content (AvgIpc) is 2.41. The summed E-state index contributed by atoms with van der Waals surface area (Å²) in [6, 6.07) is 6.48. The van der Waals surface area contributed by atoms with Crippen LogP contribution in [0, 0.1) is 18.8 Å². The van der Waals surface area contributed by atoms with Crippen molar-refractivity contribution in [2.75, 3.05) is 13.2 Å². The first kappa shape index (κ1) is 17.0. The molecule has 1 aromatic carbocycles. The molecule has 0 amide bonds. The molecule has 0 bridgehead atoms. The minimum atomic E-state index is 0.660. The van der Waals surface area contributed by atoms with Crippen LogP contribution in [0.15, 0.2) is 18.2 Å². The van der Waals surface area contributed by atoms with Gasteiger partial charge in [0.15, 0.2) is 0 Å². The van der Waals surface area contributed by atoms with E-state index in [1.165, 1.54) is 24.0 Å². The lowest BCUT2D eigenvalue weighted by Crippen LogP contribution is -2.20. The molecule has 0 spiro atoms. The maximum Gasteiger partial charge on any atom is 0.123 e. The topological polar surface area (TPSA) is 21.3 Å². The summed E-state index contributed by atoms with van der Waals surface area (Å²) in [4.78, 5) is 0. The number of benzene rings is 1. The van der Waals surface area contributed by atoms with Crippen LogP contribution in [0.3, 0.4) is 0 Å². The van der Waals surface area contributed by atoms with E-state index in [0.29, 0.717) is 11.8 Å². The molecular formula is C18H31NO. The van der Waals surface area contributed by atoms with Gasteiger partial charge in [0.2, 0.25) is 0 Å². The lowest BCUT2D eigenvalue weighted by atomic mass is 10.1. The summed E-state index contributed by atoms with van der Waals surface area (Å²) in [6.07, 6.45) is 2.37. The Morgan fingerprint density at radius 2 is 1.85 bits per heavy atom. The summed E-state index contributed by atoms with van der Waals surface area (Å²) in [5.74, 6) is 2.38. The molecule has 0 atom stereocenters. The van der Waals surface area contributed by atoms with Gasteiger partial charge in [0.05, 0.1) is 6.61 Å². The number of ether oxygens (including phenoxy) is 1. The second-order valence-corrected chi connectivity index (χ2v) is 6.13. The van der Waals surface area contributed by atoms with Gasteiger partial charge in [-0.3, -0.25) is 0 Å². The summed E-state index contributed by atoms with van der Waals surface area (Å²) in [6.45, 7) is 13.8. The molecule has 0 aliphatic rings. The molecule has 1 N–H and O–H groups in total. The number of rotatable bonds is 9. The van der Waals surface area contributed by atoms with Crippen LogP contribution in [0.25, 0.3) is 0 Å². The third kappa shape index (κ3) is 5.96. The average molecular weight is 277 g/mol. The van der Waals surface area contributed by atoms with Crippen molar-refractivity contribution in [3.05, 3.63) is 29.3 Å². The predicted octanol–water partition coefficient (Wildman–Crippen LogP) is 4.56. The molecule has 0 unspecified atom stereocenters. The van der Waals surface area contributed by atoms with Crippen LogP contribution in [-0.2, 0) is 6.54 Å². The molecule has 0 saturated carbocycles. The fourth-order valence-electron chi connectivity index (χ4n) is 2.21. The van der Waals surface area contributed by atoms with Crippen LogP contribution in [0.4, 0.5) is 0 Å². The highest BCUT2D eigenvalue weighted by molar-refractivity contribution is 5.36. The van der Waals surface area contributed by atoms with Gasteiger partial charge in [-0.2, -0.15) is 0 Å². The monoisotopic (exact) mass is 277 g/mol. The van der Waals surface area contributed by atoms with Crippen molar-refractivity contribution in [1.82, 2.24) is 5.32 Å². The maximum atomic E-state index is 6.05. The Hall–Kier alpha value is -1.02. The van der Waals surface area contributed by atoms with Crippen LogP contribution < -0.4 is 10.1 Å².